The minimum Gasteiger partial charge on any atom is -0.443 e. The molecule has 1 aromatic carbocycles. The molecule has 0 spiro atoms. The van der Waals surface area contributed by atoms with Crippen LogP contribution in [0.15, 0.2) is 24.3 Å². The molecule has 9 nitrogen and oxygen atoms in total. The van der Waals surface area contributed by atoms with Crippen molar-refractivity contribution in [2.45, 2.75) is 26.4 Å². The number of carbonyl (C=O) groups is 4. The molecule has 0 unspecified atom stereocenters. The Morgan fingerprint density at radius 2 is 1.70 bits per heavy atom. The van der Waals surface area contributed by atoms with Gasteiger partial charge in [0, 0.05) is 26.2 Å². The molecular formula is C18H24N4O5. The van der Waals surface area contributed by atoms with Crippen LogP contribution in [0.2, 0.25) is 0 Å². The van der Waals surface area contributed by atoms with Gasteiger partial charge in [0.25, 0.3) is 11.8 Å². The lowest BCUT2D eigenvalue weighted by Gasteiger charge is -2.26. The number of carbonyl (C=O) groups excluding carboxylic acids is 4. The van der Waals surface area contributed by atoms with Crippen molar-refractivity contribution in [2.75, 3.05) is 26.2 Å². The lowest BCUT2D eigenvalue weighted by Crippen LogP contribution is -2.49. The smallest absolute Gasteiger partial charge is 0.418 e. The molecule has 27 heavy (non-hydrogen) atoms. The number of hydrogen-bond acceptors (Lipinski definition) is 6. The van der Waals surface area contributed by atoms with Crippen LogP contribution < -0.4 is 11.1 Å². The van der Waals surface area contributed by atoms with Gasteiger partial charge in [0.1, 0.15) is 5.60 Å². The SMILES string of the molecule is CC(C)(C)OC(=O)N(CCN)C(=O)NCCN1C(=O)c2ccccc2C1=O. The molecule has 0 aliphatic carbocycles. The molecule has 0 fully saturated rings. The summed E-state index contributed by atoms with van der Waals surface area (Å²) >= 11 is 0. The monoisotopic (exact) mass is 376 g/mol. The Labute approximate surface area is 157 Å². The van der Waals surface area contributed by atoms with E-state index in [2.05, 4.69) is 5.32 Å². The lowest BCUT2D eigenvalue weighted by molar-refractivity contribution is 0.0323. The minimum absolute atomic E-state index is 0.00578. The van der Waals surface area contributed by atoms with Crippen LogP contribution >= 0.6 is 0 Å². The quantitative estimate of drug-likeness (QED) is 0.744. The van der Waals surface area contributed by atoms with Crippen LogP contribution in [-0.4, -0.2) is 65.5 Å². The topological polar surface area (TPSA) is 122 Å². The van der Waals surface area contributed by atoms with E-state index < -0.39 is 29.5 Å². The molecule has 1 aliphatic heterocycles. The molecule has 3 N–H and O–H groups in total. The lowest BCUT2D eigenvalue weighted by atomic mass is 10.1. The number of fused-ring (bicyclic) bond motifs is 1. The highest BCUT2D eigenvalue weighted by molar-refractivity contribution is 6.21. The van der Waals surface area contributed by atoms with E-state index in [9.17, 15) is 19.2 Å². The summed E-state index contributed by atoms with van der Waals surface area (Å²) in [6.45, 7) is 5.10. The predicted octanol–water partition coefficient (Wildman–Crippen LogP) is 1.19. The van der Waals surface area contributed by atoms with Crippen molar-refractivity contribution in [2.24, 2.45) is 5.73 Å². The largest absolute Gasteiger partial charge is 0.443 e. The van der Waals surface area contributed by atoms with E-state index in [-0.39, 0.29) is 26.2 Å². The van der Waals surface area contributed by atoms with E-state index >= 15 is 0 Å². The maximum Gasteiger partial charge on any atom is 0.418 e. The molecular weight excluding hydrogens is 352 g/mol. The first-order valence-electron chi connectivity index (χ1n) is 8.59. The second-order valence-corrected chi connectivity index (χ2v) is 6.96. The fourth-order valence-electron chi connectivity index (χ4n) is 2.53. The van der Waals surface area contributed by atoms with E-state index in [0.29, 0.717) is 11.1 Å². The average molecular weight is 376 g/mol. The zero-order valence-corrected chi connectivity index (χ0v) is 15.7. The molecule has 0 atom stereocenters. The van der Waals surface area contributed by atoms with Gasteiger partial charge >= 0.3 is 12.1 Å². The number of benzene rings is 1. The van der Waals surface area contributed by atoms with Crippen molar-refractivity contribution >= 4 is 23.9 Å². The summed E-state index contributed by atoms with van der Waals surface area (Å²) in [4.78, 5) is 50.9. The summed E-state index contributed by atoms with van der Waals surface area (Å²) in [5.41, 5.74) is 5.38. The van der Waals surface area contributed by atoms with E-state index in [0.717, 1.165) is 9.80 Å². The fourth-order valence-corrected chi connectivity index (χ4v) is 2.53. The first-order chi connectivity index (χ1) is 12.7. The molecule has 1 heterocycles. The van der Waals surface area contributed by atoms with Crippen LogP contribution in [0.4, 0.5) is 9.59 Å². The van der Waals surface area contributed by atoms with Crippen molar-refractivity contribution < 1.29 is 23.9 Å². The fraction of sp³-hybridized carbons (Fsp3) is 0.444. The third-order valence-corrected chi connectivity index (χ3v) is 3.70. The van der Waals surface area contributed by atoms with E-state index in [4.69, 9.17) is 10.5 Å². The Hall–Kier alpha value is -2.94. The van der Waals surface area contributed by atoms with Gasteiger partial charge in [-0.25, -0.2) is 14.5 Å². The van der Waals surface area contributed by atoms with Gasteiger partial charge in [-0.1, -0.05) is 12.1 Å². The van der Waals surface area contributed by atoms with Gasteiger partial charge in [-0.15, -0.1) is 0 Å². The summed E-state index contributed by atoms with van der Waals surface area (Å²) in [5.74, 6) is -0.813. The third-order valence-electron chi connectivity index (χ3n) is 3.70. The Bertz CT molecular complexity index is 721. The number of nitrogens with one attached hydrogen (secondary N) is 1. The maximum atomic E-state index is 12.3. The summed E-state index contributed by atoms with van der Waals surface area (Å²) in [5, 5.41) is 2.51. The summed E-state index contributed by atoms with van der Waals surface area (Å²) < 4.78 is 5.18. The Morgan fingerprint density at radius 1 is 1.15 bits per heavy atom. The van der Waals surface area contributed by atoms with Crippen molar-refractivity contribution in [1.29, 1.82) is 0 Å². The molecule has 5 amide bonds. The molecule has 1 aliphatic rings. The maximum absolute atomic E-state index is 12.3. The number of ether oxygens (including phenoxy) is 1. The van der Waals surface area contributed by atoms with E-state index in [1.807, 2.05) is 0 Å². The summed E-state index contributed by atoms with van der Waals surface area (Å²) in [6.07, 6.45) is -0.814. The first kappa shape index (κ1) is 20.4. The second kappa shape index (κ2) is 8.17. The van der Waals surface area contributed by atoms with Crippen LogP contribution in [0.5, 0.6) is 0 Å². The van der Waals surface area contributed by atoms with Gasteiger partial charge in [-0.2, -0.15) is 0 Å². The number of nitrogens with two attached hydrogens (primary N) is 1. The van der Waals surface area contributed by atoms with E-state index in [1.54, 1.807) is 45.0 Å². The highest BCUT2D eigenvalue weighted by Crippen LogP contribution is 2.21. The molecule has 0 saturated carbocycles. The molecule has 0 aromatic heterocycles. The minimum atomic E-state index is -0.814. The first-order valence-corrected chi connectivity index (χ1v) is 8.59. The van der Waals surface area contributed by atoms with Crippen molar-refractivity contribution in [3.63, 3.8) is 0 Å². The zero-order valence-electron chi connectivity index (χ0n) is 15.7. The van der Waals surface area contributed by atoms with Gasteiger partial charge in [0.05, 0.1) is 11.1 Å². The van der Waals surface area contributed by atoms with Crippen LogP contribution in [0.1, 0.15) is 41.5 Å². The van der Waals surface area contributed by atoms with Crippen molar-refractivity contribution in [3.8, 4) is 0 Å². The third kappa shape index (κ3) is 4.82. The molecule has 146 valence electrons. The molecule has 1 aromatic rings. The molecule has 0 saturated heterocycles. The summed E-state index contributed by atoms with van der Waals surface area (Å²) in [6, 6.07) is 5.83. The number of rotatable bonds is 5. The van der Waals surface area contributed by atoms with Gasteiger partial charge in [-0.3, -0.25) is 14.5 Å². The zero-order chi connectivity index (χ0) is 20.2. The van der Waals surface area contributed by atoms with Gasteiger partial charge < -0.3 is 15.8 Å². The normalized spacial score (nSPS) is 13.4. The Kier molecular flexibility index (Phi) is 6.17. The Balaban J connectivity index is 1.93. The standard InChI is InChI=1S/C18H24N4O5/c1-18(2,3)27-17(26)22(10-8-19)16(25)20-9-11-21-14(23)12-6-4-5-7-13(12)15(21)24/h4-7H,8-11,19H2,1-3H3,(H,20,25). The molecule has 0 radical (unpaired) electrons. The second-order valence-electron chi connectivity index (χ2n) is 6.96. The highest BCUT2D eigenvalue weighted by atomic mass is 16.6. The van der Waals surface area contributed by atoms with Crippen LogP contribution in [0.25, 0.3) is 0 Å². The number of nitrogens with zero attached hydrogens (tertiary/aromatic N) is 2. The van der Waals surface area contributed by atoms with Crippen molar-refractivity contribution in [1.82, 2.24) is 15.1 Å². The number of hydrogen-bond donors (Lipinski definition) is 2. The highest BCUT2D eigenvalue weighted by Gasteiger charge is 2.35. The molecule has 0 bridgehead atoms. The van der Waals surface area contributed by atoms with Gasteiger partial charge in [0.15, 0.2) is 0 Å². The summed E-state index contributed by atoms with van der Waals surface area (Å²) in [7, 11) is 0. The number of imide groups is 2. The van der Waals surface area contributed by atoms with Crippen LogP contribution in [0, 0.1) is 0 Å². The Morgan fingerprint density at radius 3 is 2.19 bits per heavy atom. The average Bonchev–Trinajstić information content (AvgIpc) is 2.83. The van der Waals surface area contributed by atoms with Crippen molar-refractivity contribution in [3.05, 3.63) is 35.4 Å². The van der Waals surface area contributed by atoms with Gasteiger partial charge in [0.2, 0.25) is 0 Å². The predicted molar refractivity (Wildman–Crippen MR) is 97.2 cm³/mol. The number of amides is 5. The van der Waals surface area contributed by atoms with Crippen LogP contribution in [-0.2, 0) is 4.74 Å². The van der Waals surface area contributed by atoms with Gasteiger partial charge in [-0.05, 0) is 32.9 Å². The number of urea groups is 1. The van der Waals surface area contributed by atoms with Crippen LogP contribution in [0.3, 0.4) is 0 Å². The van der Waals surface area contributed by atoms with E-state index in [1.165, 1.54) is 0 Å². The molecule has 9 heteroatoms. The molecule has 2 rings (SSSR count).